The molecule has 0 unspecified atom stereocenters. The fourth-order valence-electron chi connectivity index (χ4n) is 2.52. The summed E-state index contributed by atoms with van der Waals surface area (Å²) in [5, 5.41) is 10.3. The number of aromatic nitrogens is 1. The number of allylic oxidation sites excluding steroid dienone is 2. The van der Waals surface area contributed by atoms with Crippen molar-refractivity contribution in [3.63, 3.8) is 0 Å². The molecule has 1 aromatic carbocycles. The lowest BCUT2D eigenvalue weighted by Gasteiger charge is -2.04. The highest BCUT2D eigenvalue weighted by atomic mass is 32.1. The van der Waals surface area contributed by atoms with Crippen LogP contribution < -0.4 is 0 Å². The summed E-state index contributed by atoms with van der Waals surface area (Å²) in [6.07, 6.45) is 6.47. The van der Waals surface area contributed by atoms with Crippen LogP contribution in [0.2, 0.25) is 0 Å². The van der Waals surface area contributed by atoms with E-state index in [-0.39, 0.29) is 5.88 Å². The average molecular weight is 328 g/mol. The van der Waals surface area contributed by atoms with Gasteiger partial charge in [0, 0.05) is 23.9 Å². The van der Waals surface area contributed by atoms with Crippen LogP contribution in [0.15, 0.2) is 35.8 Å². The van der Waals surface area contributed by atoms with Gasteiger partial charge in [-0.15, -0.1) is 17.9 Å². The second-order valence-corrected chi connectivity index (χ2v) is 6.66. The van der Waals surface area contributed by atoms with E-state index < -0.39 is 0 Å². The maximum absolute atomic E-state index is 10.3. The van der Waals surface area contributed by atoms with Crippen LogP contribution in [0.25, 0.3) is 11.6 Å². The van der Waals surface area contributed by atoms with Crippen molar-refractivity contribution in [2.45, 2.75) is 19.9 Å². The molecule has 1 aliphatic rings. The molecule has 2 heterocycles. The van der Waals surface area contributed by atoms with Gasteiger partial charge in [-0.3, -0.25) is 9.56 Å². The van der Waals surface area contributed by atoms with Gasteiger partial charge >= 0.3 is 0 Å². The minimum atomic E-state index is 0.191. The topological polar surface area (TPSA) is 37.5 Å². The summed E-state index contributed by atoms with van der Waals surface area (Å²) < 4.78 is 2.32. The third-order valence-electron chi connectivity index (χ3n) is 3.64. The number of fused-ring (bicyclic) bond motifs is 1. The normalized spacial score (nSPS) is 14.5. The van der Waals surface area contributed by atoms with Crippen LogP contribution in [0.3, 0.4) is 0 Å². The zero-order chi connectivity index (χ0) is 15.7. The maximum atomic E-state index is 10.3. The molecule has 112 valence electrons. The van der Waals surface area contributed by atoms with Crippen molar-refractivity contribution in [1.29, 1.82) is 0 Å². The number of rotatable bonds is 4. The van der Waals surface area contributed by atoms with Gasteiger partial charge in [-0.2, -0.15) is 0 Å². The number of thiazole rings is 1. The molecule has 0 atom stereocenters. The lowest BCUT2D eigenvalue weighted by molar-refractivity contribution is 0.424. The first kappa shape index (κ1) is 14.9. The number of para-hydroxylation sites is 1. The lowest BCUT2D eigenvalue weighted by atomic mass is 10.0. The monoisotopic (exact) mass is 328 g/mol. The van der Waals surface area contributed by atoms with Crippen molar-refractivity contribution in [1.82, 2.24) is 4.57 Å². The number of nitrogens with zero attached hydrogens (tertiary/aromatic N) is 2. The Kier molecular flexibility index (Phi) is 4.09. The van der Waals surface area contributed by atoms with Crippen LogP contribution in [0, 0.1) is 3.95 Å². The van der Waals surface area contributed by atoms with Gasteiger partial charge in [-0.1, -0.05) is 31.2 Å². The molecule has 3 nitrogen and oxygen atoms in total. The SMILES string of the molecule is C=CCn1c(O)c(C=C2C=Nc3c(CC)cccc32)sc1=S. The van der Waals surface area contributed by atoms with Crippen molar-refractivity contribution < 1.29 is 5.11 Å². The largest absolute Gasteiger partial charge is 0.493 e. The molecule has 0 saturated carbocycles. The van der Waals surface area contributed by atoms with Crippen LogP contribution in [0.4, 0.5) is 5.69 Å². The number of hydrogen-bond donors (Lipinski definition) is 1. The standard InChI is InChI=1S/C17H16N2OS2/c1-3-8-19-16(20)14(22-17(19)21)9-12-10-18-15-11(4-2)6-5-7-13(12)15/h3,5-7,9-10,20H,1,4,8H2,2H3. The summed E-state index contributed by atoms with van der Waals surface area (Å²) in [6, 6.07) is 6.20. The summed E-state index contributed by atoms with van der Waals surface area (Å²) in [5.41, 5.74) is 4.37. The van der Waals surface area contributed by atoms with E-state index >= 15 is 0 Å². The highest BCUT2D eigenvalue weighted by Crippen LogP contribution is 2.38. The zero-order valence-corrected chi connectivity index (χ0v) is 13.9. The third kappa shape index (κ3) is 2.46. The van der Waals surface area contributed by atoms with Crippen LogP contribution in [-0.4, -0.2) is 15.9 Å². The first-order chi connectivity index (χ1) is 10.7. The van der Waals surface area contributed by atoms with Crippen LogP contribution in [0.5, 0.6) is 5.88 Å². The van der Waals surface area contributed by atoms with E-state index in [0.717, 1.165) is 28.1 Å². The molecule has 5 heteroatoms. The first-order valence-electron chi connectivity index (χ1n) is 7.07. The van der Waals surface area contributed by atoms with Crippen LogP contribution >= 0.6 is 23.6 Å². The predicted octanol–water partition coefficient (Wildman–Crippen LogP) is 4.99. The minimum absolute atomic E-state index is 0.191. The molecule has 22 heavy (non-hydrogen) atoms. The van der Waals surface area contributed by atoms with Crippen molar-refractivity contribution in [2.24, 2.45) is 4.99 Å². The Labute approximate surface area is 138 Å². The van der Waals surface area contributed by atoms with Crippen molar-refractivity contribution in [3.8, 4) is 5.88 Å². The molecule has 0 bridgehead atoms. The Morgan fingerprint density at radius 1 is 1.45 bits per heavy atom. The molecule has 1 aromatic heterocycles. The molecule has 0 fully saturated rings. The molecule has 3 rings (SSSR count). The van der Waals surface area contributed by atoms with E-state index in [9.17, 15) is 5.11 Å². The van der Waals surface area contributed by atoms with Gasteiger partial charge in [-0.05, 0) is 30.3 Å². The molecule has 0 spiro atoms. The van der Waals surface area contributed by atoms with E-state index in [2.05, 4.69) is 30.6 Å². The number of benzene rings is 1. The predicted molar refractivity (Wildman–Crippen MR) is 96.8 cm³/mol. The van der Waals surface area contributed by atoms with Gasteiger partial charge < -0.3 is 5.11 Å². The third-order valence-corrected chi connectivity index (χ3v) is 5.02. The summed E-state index contributed by atoms with van der Waals surface area (Å²) in [4.78, 5) is 5.28. The Balaban J connectivity index is 2.07. The van der Waals surface area contributed by atoms with Gasteiger partial charge in [0.05, 0.1) is 10.6 Å². The van der Waals surface area contributed by atoms with Crippen molar-refractivity contribution in [3.05, 3.63) is 50.8 Å². The Morgan fingerprint density at radius 2 is 2.27 bits per heavy atom. The van der Waals surface area contributed by atoms with Gasteiger partial charge in [-0.25, -0.2) is 0 Å². The smallest absolute Gasteiger partial charge is 0.210 e. The average Bonchev–Trinajstić information content (AvgIpc) is 3.04. The molecular weight excluding hydrogens is 312 g/mol. The lowest BCUT2D eigenvalue weighted by Crippen LogP contribution is -1.93. The fraction of sp³-hybridized carbons (Fsp3) is 0.176. The van der Waals surface area contributed by atoms with Crippen LogP contribution in [0.1, 0.15) is 22.9 Å². The maximum Gasteiger partial charge on any atom is 0.210 e. The second kappa shape index (κ2) is 6.02. The summed E-state index contributed by atoms with van der Waals surface area (Å²) in [7, 11) is 0. The van der Waals surface area contributed by atoms with Gasteiger partial charge in [0.2, 0.25) is 5.88 Å². The van der Waals surface area contributed by atoms with Gasteiger partial charge in [0.1, 0.15) is 0 Å². The highest BCUT2D eigenvalue weighted by Gasteiger charge is 2.17. The molecule has 2 aromatic rings. The summed E-state index contributed by atoms with van der Waals surface area (Å²) in [5.74, 6) is 0.191. The van der Waals surface area contributed by atoms with Crippen molar-refractivity contribution >= 4 is 47.1 Å². The molecule has 0 radical (unpaired) electrons. The molecular formula is C17H16N2OS2. The number of aliphatic imine (C=N–C) groups is 1. The summed E-state index contributed by atoms with van der Waals surface area (Å²) in [6.45, 7) is 6.32. The van der Waals surface area contributed by atoms with E-state index in [1.807, 2.05) is 18.4 Å². The minimum Gasteiger partial charge on any atom is -0.493 e. The zero-order valence-electron chi connectivity index (χ0n) is 12.2. The van der Waals surface area contributed by atoms with Crippen molar-refractivity contribution in [2.75, 3.05) is 0 Å². The van der Waals surface area contributed by atoms with E-state index in [1.165, 1.54) is 16.9 Å². The Morgan fingerprint density at radius 3 is 3.00 bits per heavy atom. The van der Waals surface area contributed by atoms with E-state index in [1.54, 1.807) is 10.6 Å². The first-order valence-corrected chi connectivity index (χ1v) is 8.29. The molecule has 0 saturated heterocycles. The quantitative estimate of drug-likeness (QED) is 0.634. The molecule has 1 aliphatic heterocycles. The number of aryl methyl sites for hydroxylation is 1. The Bertz CT molecular complexity index is 856. The second-order valence-electron chi connectivity index (χ2n) is 4.98. The number of aromatic hydroxyl groups is 1. The Hall–Kier alpha value is -1.98. The van der Waals surface area contributed by atoms with E-state index in [0.29, 0.717) is 10.5 Å². The highest BCUT2D eigenvalue weighted by molar-refractivity contribution is 7.73. The number of hydrogen-bond acceptors (Lipinski definition) is 4. The van der Waals surface area contributed by atoms with E-state index in [4.69, 9.17) is 12.2 Å². The fourth-order valence-corrected chi connectivity index (χ4v) is 3.80. The molecule has 0 aliphatic carbocycles. The molecule has 0 amide bonds. The van der Waals surface area contributed by atoms with Gasteiger partial charge in [0.15, 0.2) is 3.95 Å². The molecule has 1 N–H and O–H groups in total. The van der Waals surface area contributed by atoms with Crippen LogP contribution in [-0.2, 0) is 13.0 Å². The van der Waals surface area contributed by atoms with Gasteiger partial charge in [0.25, 0.3) is 0 Å². The summed E-state index contributed by atoms with van der Waals surface area (Å²) >= 11 is 6.69.